The fourth-order valence-corrected chi connectivity index (χ4v) is 4.24. The summed E-state index contributed by atoms with van der Waals surface area (Å²) in [5, 5.41) is 14.2. The van der Waals surface area contributed by atoms with Gasteiger partial charge in [0, 0.05) is 18.8 Å². The van der Waals surface area contributed by atoms with Crippen molar-refractivity contribution in [2.45, 2.75) is 77.0 Å². The number of ether oxygens (including phenoxy) is 1. The predicted octanol–water partition coefficient (Wildman–Crippen LogP) is 3.01. The summed E-state index contributed by atoms with van der Waals surface area (Å²) in [5.74, 6) is -0.104. The molecule has 0 radical (unpaired) electrons. The number of amides is 1. The summed E-state index contributed by atoms with van der Waals surface area (Å²) in [5.41, 5.74) is 0.753. The second-order valence-corrected chi connectivity index (χ2v) is 8.23. The van der Waals surface area contributed by atoms with E-state index in [2.05, 4.69) is 31.9 Å². The van der Waals surface area contributed by atoms with Crippen LogP contribution >= 0.6 is 0 Å². The maximum atomic E-state index is 13.2. The van der Waals surface area contributed by atoms with Crippen LogP contribution in [0.4, 0.5) is 0 Å². The molecule has 1 aromatic heterocycles. The molecule has 6 nitrogen and oxygen atoms in total. The van der Waals surface area contributed by atoms with Gasteiger partial charge < -0.3 is 9.64 Å². The molecule has 0 unspecified atom stereocenters. The minimum atomic E-state index is -0.522. The molecule has 25 heavy (non-hydrogen) atoms. The molecule has 6 heteroatoms. The number of nitrogens with zero attached hydrogens (tertiary/aromatic N) is 4. The minimum absolute atomic E-state index is 0.104. The fourth-order valence-electron chi connectivity index (χ4n) is 4.24. The third kappa shape index (κ3) is 3.06. The summed E-state index contributed by atoms with van der Waals surface area (Å²) in [6.45, 7) is 9.38. The molecule has 2 aliphatic rings. The van der Waals surface area contributed by atoms with Crippen molar-refractivity contribution in [2.24, 2.45) is 0 Å². The van der Waals surface area contributed by atoms with Crippen molar-refractivity contribution in [1.29, 1.82) is 5.26 Å². The quantitative estimate of drug-likeness (QED) is 0.785. The van der Waals surface area contributed by atoms with E-state index in [0.717, 1.165) is 37.8 Å². The number of piperidine rings is 1. The summed E-state index contributed by atoms with van der Waals surface area (Å²) in [6.07, 6.45) is 6.31. The molecule has 1 spiro atoms. The largest absolute Gasteiger partial charge is 0.372 e. The monoisotopic (exact) mass is 344 g/mol. The average Bonchev–Trinajstić information content (AvgIpc) is 2.96. The van der Waals surface area contributed by atoms with Gasteiger partial charge in [-0.05, 0) is 59.8 Å². The van der Waals surface area contributed by atoms with Gasteiger partial charge in [-0.2, -0.15) is 10.4 Å². The van der Waals surface area contributed by atoms with E-state index in [1.54, 1.807) is 11.1 Å². The van der Waals surface area contributed by atoms with Crippen molar-refractivity contribution in [2.75, 3.05) is 13.2 Å². The van der Waals surface area contributed by atoms with Crippen molar-refractivity contribution in [3.63, 3.8) is 0 Å². The number of carbonyl (C=O) groups is 1. The van der Waals surface area contributed by atoms with E-state index in [0.29, 0.717) is 18.7 Å². The fraction of sp³-hybridized carbons (Fsp3) is 0.737. The van der Waals surface area contributed by atoms with Crippen LogP contribution in [0.2, 0.25) is 0 Å². The molecule has 1 amide bonds. The summed E-state index contributed by atoms with van der Waals surface area (Å²) < 4.78 is 7.95. The zero-order valence-electron chi connectivity index (χ0n) is 15.7. The minimum Gasteiger partial charge on any atom is -0.372 e. The van der Waals surface area contributed by atoms with Crippen molar-refractivity contribution < 1.29 is 9.53 Å². The summed E-state index contributed by atoms with van der Waals surface area (Å²) in [4.78, 5) is 14.9. The number of likely N-dealkylation sites (tertiary alicyclic amines) is 1. The molecular weight excluding hydrogens is 316 g/mol. The molecule has 0 bridgehead atoms. The van der Waals surface area contributed by atoms with E-state index < -0.39 is 11.6 Å². The number of aromatic nitrogens is 2. The Hall–Kier alpha value is -1.87. The third-order valence-corrected chi connectivity index (χ3v) is 5.45. The average molecular weight is 344 g/mol. The highest BCUT2D eigenvalue weighted by Crippen LogP contribution is 2.39. The Morgan fingerprint density at radius 1 is 1.36 bits per heavy atom. The summed E-state index contributed by atoms with van der Waals surface area (Å²) in [7, 11) is 0. The number of hydrogen-bond acceptors (Lipinski definition) is 4. The highest BCUT2D eigenvalue weighted by atomic mass is 16.5. The smallest absolute Gasteiger partial charge is 0.258 e. The van der Waals surface area contributed by atoms with Crippen LogP contribution < -0.4 is 0 Å². The first-order chi connectivity index (χ1) is 11.8. The molecule has 2 saturated heterocycles. The molecule has 3 heterocycles. The number of nitriles is 1. The maximum absolute atomic E-state index is 13.2. The normalized spacial score (nSPS) is 27.3. The first-order valence-electron chi connectivity index (χ1n) is 9.20. The second kappa shape index (κ2) is 6.45. The number of carbonyl (C=O) groups excluding carboxylic acids is 1. The number of hydrogen-bond donors (Lipinski definition) is 0. The van der Waals surface area contributed by atoms with Crippen LogP contribution in [0, 0.1) is 18.3 Å². The van der Waals surface area contributed by atoms with Crippen molar-refractivity contribution >= 4 is 5.91 Å². The molecule has 136 valence electrons. The third-order valence-electron chi connectivity index (χ3n) is 5.45. The van der Waals surface area contributed by atoms with Crippen LogP contribution in [0.1, 0.15) is 68.9 Å². The Kier molecular flexibility index (Phi) is 4.63. The van der Waals surface area contributed by atoms with E-state index in [-0.39, 0.29) is 11.4 Å². The molecule has 0 aliphatic carbocycles. The predicted molar refractivity (Wildman–Crippen MR) is 94.2 cm³/mol. The Labute approximate surface area is 149 Å². The summed E-state index contributed by atoms with van der Waals surface area (Å²) >= 11 is 0. The van der Waals surface area contributed by atoms with Crippen LogP contribution in [0.15, 0.2) is 6.20 Å². The standard InChI is InChI=1S/C19H28N4O2/c1-14-15(13-21-23(14)18(2,3)4)17(24)22-10-7-9-19(16(22)12-20)8-5-6-11-25-19/h13,16H,5-11H2,1-4H3/t16-,19-/m1/s1. The lowest BCUT2D eigenvalue weighted by Gasteiger charge is -2.48. The van der Waals surface area contributed by atoms with E-state index in [9.17, 15) is 10.1 Å². The molecule has 0 N–H and O–H groups in total. The molecular formula is C19H28N4O2. The first-order valence-corrected chi connectivity index (χ1v) is 9.20. The van der Waals surface area contributed by atoms with E-state index >= 15 is 0 Å². The highest BCUT2D eigenvalue weighted by Gasteiger charge is 2.49. The molecule has 2 atom stereocenters. The lowest BCUT2D eigenvalue weighted by molar-refractivity contribution is -0.128. The lowest BCUT2D eigenvalue weighted by atomic mass is 9.79. The Morgan fingerprint density at radius 3 is 2.64 bits per heavy atom. The van der Waals surface area contributed by atoms with Crippen LogP contribution in [-0.2, 0) is 10.3 Å². The highest BCUT2D eigenvalue weighted by molar-refractivity contribution is 5.95. The second-order valence-electron chi connectivity index (χ2n) is 8.23. The Bertz CT molecular complexity index is 684. The molecule has 3 rings (SSSR count). The van der Waals surface area contributed by atoms with Gasteiger partial charge in [-0.3, -0.25) is 9.48 Å². The van der Waals surface area contributed by atoms with Crippen LogP contribution in [-0.4, -0.2) is 45.4 Å². The zero-order chi connectivity index (χ0) is 18.2. The van der Waals surface area contributed by atoms with Crippen molar-refractivity contribution in [1.82, 2.24) is 14.7 Å². The topological polar surface area (TPSA) is 71.2 Å². The van der Waals surface area contributed by atoms with Gasteiger partial charge in [0.25, 0.3) is 5.91 Å². The first kappa shape index (κ1) is 17.9. The molecule has 0 aromatic carbocycles. The van der Waals surface area contributed by atoms with Gasteiger partial charge in [0.15, 0.2) is 0 Å². The van der Waals surface area contributed by atoms with Gasteiger partial charge >= 0.3 is 0 Å². The van der Waals surface area contributed by atoms with Gasteiger partial charge in [-0.15, -0.1) is 0 Å². The lowest BCUT2D eigenvalue weighted by Crippen LogP contribution is -2.60. The zero-order valence-corrected chi connectivity index (χ0v) is 15.7. The molecule has 1 aromatic rings. The Morgan fingerprint density at radius 2 is 2.08 bits per heavy atom. The van der Waals surface area contributed by atoms with E-state index in [1.807, 2.05) is 11.6 Å². The molecule has 0 saturated carbocycles. The maximum Gasteiger partial charge on any atom is 0.258 e. The summed E-state index contributed by atoms with van der Waals surface area (Å²) in [6, 6.07) is 1.85. The van der Waals surface area contributed by atoms with Gasteiger partial charge in [0.1, 0.15) is 11.6 Å². The Balaban J connectivity index is 1.91. The van der Waals surface area contributed by atoms with Gasteiger partial charge in [0.2, 0.25) is 0 Å². The van der Waals surface area contributed by atoms with Crippen LogP contribution in [0.5, 0.6) is 0 Å². The van der Waals surface area contributed by atoms with Gasteiger partial charge in [-0.25, -0.2) is 0 Å². The molecule has 2 aliphatic heterocycles. The van der Waals surface area contributed by atoms with Crippen molar-refractivity contribution in [3.05, 3.63) is 17.5 Å². The van der Waals surface area contributed by atoms with Crippen LogP contribution in [0.3, 0.4) is 0 Å². The molecule has 2 fully saturated rings. The van der Waals surface area contributed by atoms with Crippen molar-refractivity contribution in [3.8, 4) is 6.07 Å². The number of rotatable bonds is 1. The SMILES string of the molecule is Cc1c(C(=O)N2CCC[C@]3(CCCCO3)[C@H]2C#N)cnn1C(C)(C)C. The van der Waals surface area contributed by atoms with E-state index in [1.165, 1.54) is 0 Å². The van der Waals surface area contributed by atoms with Gasteiger partial charge in [0.05, 0.1) is 23.4 Å². The van der Waals surface area contributed by atoms with Crippen LogP contribution in [0.25, 0.3) is 0 Å². The van der Waals surface area contributed by atoms with Gasteiger partial charge in [-0.1, -0.05) is 0 Å². The van der Waals surface area contributed by atoms with E-state index in [4.69, 9.17) is 4.74 Å².